The van der Waals surface area contributed by atoms with Gasteiger partial charge in [0.15, 0.2) is 0 Å². The Hall–Kier alpha value is -1.12. The Balaban J connectivity index is 1.51. The quantitative estimate of drug-likeness (QED) is 0.783. The molecule has 5 heteroatoms. The van der Waals surface area contributed by atoms with Crippen LogP contribution in [0.25, 0.3) is 0 Å². The van der Waals surface area contributed by atoms with Gasteiger partial charge in [-0.25, -0.2) is 0 Å². The van der Waals surface area contributed by atoms with Crippen LogP contribution in [-0.2, 0) is 4.79 Å². The molecular weight excluding hydrogens is 252 g/mol. The molecule has 0 bridgehead atoms. The number of amides is 1. The zero-order valence-electron chi connectivity index (χ0n) is 12.2. The molecule has 110 valence electrons. The Morgan fingerprint density at radius 2 is 2.25 bits per heavy atom. The number of rotatable bonds is 4. The number of fused-ring (bicyclic) bond motifs is 1. The Labute approximate surface area is 120 Å². The molecule has 3 atom stereocenters. The van der Waals surface area contributed by atoms with Crippen molar-refractivity contribution in [2.75, 3.05) is 26.2 Å². The third-order valence-electron chi connectivity index (χ3n) is 5.07. The van der Waals surface area contributed by atoms with Crippen LogP contribution in [0.3, 0.4) is 0 Å². The first-order chi connectivity index (χ1) is 9.60. The van der Waals surface area contributed by atoms with Crippen LogP contribution in [0.5, 0.6) is 0 Å². The first-order valence-electron chi connectivity index (χ1n) is 7.79. The average Bonchev–Trinajstić information content (AvgIpc) is 3.20. The molecule has 0 aromatic carbocycles. The van der Waals surface area contributed by atoms with Crippen LogP contribution in [0.15, 0.2) is 0 Å². The first-order valence-corrected chi connectivity index (χ1v) is 7.79. The van der Waals surface area contributed by atoms with E-state index in [-0.39, 0.29) is 5.91 Å². The molecule has 2 aliphatic heterocycles. The fourth-order valence-electron chi connectivity index (χ4n) is 3.68. The summed E-state index contributed by atoms with van der Waals surface area (Å²) < 4.78 is 0. The molecule has 1 saturated carbocycles. The van der Waals surface area contributed by atoms with Crippen LogP contribution in [0, 0.1) is 23.2 Å². The first kappa shape index (κ1) is 13.8. The van der Waals surface area contributed by atoms with Gasteiger partial charge in [0, 0.05) is 19.1 Å². The monoisotopic (exact) mass is 276 g/mol. The summed E-state index contributed by atoms with van der Waals surface area (Å²) in [6.45, 7) is 5.37. The summed E-state index contributed by atoms with van der Waals surface area (Å²) in [4.78, 5) is 14.4. The topological polar surface area (TPSA) is 68.2 Å². The van der Waals surface area contributed by atoms with E-state index in [1.54, 1.807) is 0 Å². The van der Waals surface area contributed by atoms with Gasteiger partial charge in [0.2, 0.25) is 5.91 Å². The van der Waals surface area contributed by atoms with Gasteiger partial charge in [-0.2, -0.15) is 5.26 Å². The van der Waals surface area contributed by atoms with Crippen molar-refractivity contribution in [1.82, 2.24) is 15.5 Å². The average molecular weight is 276 g/mol. The Morgan fingerprint density at radius 1 is 1.45 bits per heavy atom. The predicted molar refractivity (Wildman–Crippen MR) is 75.8 cm³/mol. The normalized spacial score (nSPS) is 33.0. The smallest absolute Gasteiger partial charge is 0.235 e. The maximum atomic E-state index is 12.2. The fourth-order valence-corrected chi connectivity index (χ4v) is 3.68. The van der Waals surface area contributed by atoms with Crippen molar-refractivity contribution >= 4 is 5.91 Å². The lowest BCUT2D eigenvalue weighted by molar-refractivity contribution is -0.123. The molecule has 0 aromatic heterocycles. The van der Waals surface area contributed by atoms with Crippen LogP contribution < -0.4 is 10.6 Å². The van der Waals surface area contributed by atoms with Gasteiger partial charge in [0.1, 0.15) is 5.54 Å². The summed E-state index contributed by atoms with van der Waals surface area (Å²) in [7, 11) is 0. The third kappa shape index (κ3) is 2.82. The highest BCUT2D eigenvalue weighted by Crippen LogP contribution is 2.39. The molecule has 1 unspecified atom stereocenters. The number of nitrogens with zero attached hydrogens (tertiary/aromatic N) is 2. The van der Waals surface area contributed by atoms with Crippen molar-refractivity contribution in [2.45, 2.75) is 44.2 Å². The summed E-state index contributed by atoms with van der Waals surface area (Å²) in [5, 5.41) is 15.8. The number of likely N-dealkylation sites (tertiary alicyclic amines) is 1. The van der Waals surface area contributed by atoms with Gasteiger partial charge in [-0.05, 0) is 51.0 Å². The van der Waals surface area contributed by atoms with Gasteiger partial charge in [-0.15, -0.1) is 0 Å². The van der Waals surface area contributed by atoms with E-state index in [2.05, 4.69) is 21.6 Å². The van der Waals surface area contributed by atoms with E-state index in [1.165, 1.54) is 12.8 Å². The second kappa shape index (κ2) is 5.34. The zero-order valence-corrected chi connectivity index (χ0v) is 12.2. The van der Waals surface area contributed by atoms with E-state index in [9.17, 15) is 10.1 Å². The van der Waals surface area contributed by atoms with Crippen molar-refractivity contribution in [3.05, 3.63) is 0 Å². The molecule has 1 aliphatic carbocycles. The number of nitrogens with one attached hydrogen (secondary N) is 2. The SMILES string of the molecule is CC(C#N)(NC(=O)CN1C[C@@H]2CCCN[C@@H]2C1)C1CC1. The van der Waals surface area contributed by atoms with Crippen LogP contribution in [0.2, 0.25) is 0 Å². The zero-order chi connectivity index (χ0) is 14.2. The lowest BCUT2D eigenvalue weighted by atomic mass is 9.94. The van der Waals surface area contributed by atoms with Crippen LogP contribution in [-0.4, -0.2) is 48.6 Å². The molecule has 3 aliphatic rings. The molecule has 0 aromatic rings. The summed E-state index contributed by atoms with van der Waals surface area (Å²) in [6.07, 6.45) is 4.63. The van der Waals surface area contributed by atoms with Gasteiger partial charge < -0.3 is 10.6 Å². The summed E-state index contributed by atoms with van der Waals surface area (Å²) in [6, 6.07) is 2.84. The number of carbonyl (C=O) groups excluding carboxylic acids is 1. The van der Waals surface area contributed by atoms with Gasteiger partial charge >= 0.3 is 0 Å². The van der Waals surface area contributed by atoms with Crippen LogP contribution in [0.4, 0.5) is 0 Å². The van der Waals surface area contributed by atoms with E-state index in [1.807, 2.05) is 6.92 Å². The second-order valence-electron chi connectivity index (χ2n) is 6.79. The molecule has 3 fully saturated rings. The summed E-state index contributed by atoms with van der Waals surface area (Å²) >= 11 is 0. The van der Waals surface area contributed by atoms with E-state index < -0.39 is 5.54 Å². The minimum absolute atomic E-state index is 0.000373. The van der Waals surface area contributed by atoms with Gasteiger partial charge in [0.25, 0.3) is 0 Å². The molecule has 20 heavy (non-hydrogen) atoms. The minimum Gasteiger partial charge on any atom is -0.337 e. The van der Waals surface area contributed by atoms with E-state index >= 15 is 0 Å². The number of hydrogen-bond acceptors (Lipinski definition) is 4. The molecule has 3 rings (SSSR count). The summed E-state index contributed by atoms with van der Waals surface area (Å²) in [5.41, 5.74) is -0.665. The molecule has 2 saturated heterocycles. The van der Waals surface area contributed by atoms with Crippen molar-refractivity contribution in [3.8, 4) is 6.07 Å². The highest BCUT2D eigenvalue weighted by atomic mass is 16.2. The maximum Gasteiger partial charge on any atom is 0.235 e. The predicted octanol–water partition coefficient (Wildman–Crippen LogP) is 0.479. The lowest BCUT2D eigenvalue weighted by Gasteiger charge is -2.25. The standard InChI is InChI=1S/C15H24N4O/c1-15(10-16,12-4-5-12)18-14(20)9-19-7-11-3-2-6-17-13(11)8-19/h11-13,17H,2-9H2,1H3,(H,18,20)/t11-,13+,15?/m0/s1. The maximum absolute atomic E-state index is 12.2. The van der Waals surface area contributed by atoms with E-state index in [0.717, 1.165) is 32.5 Å². The highest BCUT2D eigenvalue weighted by Gasteiger charge is 2.43. The second-order valence-corrected chi connectivity index (χ2v) is 6.79. The largest absolute Gasteiger partial charge is 0.337 e. The number of hydrogen-bond donors (Lipinski definition) is 2. The molecule has 0 radical (unpaired) electrons. The number of carbonyl (C=O) groups is 1. The molecule has 2 N–H and O–H groups in total. The Morgan fingerprint density at radius 3 is 2.90 bits per heavy atom. The van der Waals surface area contributed by atoms with Crippen molar-refractivity contribution < 1.29 is 4.79 Å². The van der Waals surface area contributed by atoms with Crippen LogP contribution in [0.1, 0.15) is 32.6 Å². The van der Waals surface area contributed by atoms with Gasteiger partial charge in [-0.1, -0.05) is 0 Å². The van der Waals surface area contributed by atoms with E-state index in [0.29, 0.717) is 24.4 Å². The van der Waals surface area contributed by atoms with Crippen molar-refractivity contribution in [1.29, 1.82) is 5.26 Å². The molecule has 2 heterocycles. The highest BCUT2D eigenvalue weighted by molar-refractivity contribution is 5.79. The van der Waals surface area contributed by atoms with Gasteiger partial charge in [0.05, 0.1) is 12.6 Å². The fraction of sp³-hybridized carbons (Fsp3) is 0.867. The molecular formula is C15H24N4O. The molecule has 5 nitrogen and oxygen atoms in total. The number of nitriles is 1. The van der Waals surface area contributed by atoms with E-state index in [4.69, 9.17) is 0 Å². The minimum atomic E-state index is -0.665. The van der Waals surface area contributed by atoms with Crippen molar-refractivity contribution in [3.63, 3.8) is 0 Å². The van der Waals surface area contributed by atoms with Crippen molar-refractivity contribution in [2.24, 2.45) is 11.8 Å². The molecule has 1 amide bonds. The van der Waals surface area contributed by atoms with Crippen LogP contribution >= 0.6 is 0 Å². The van der Waals surface area contributed by atoms with Gasteiger partial charge in [-0.3, -0.25) is 9.69 Å². The molecule has 0 spiro atoms. The Bertz CT molecular complexity index is 414. The lowest BCUT2D eigenvalue weighted by Crippen LogP contribution is -2.50. The summed E-state index contributed by atoms with van der Waals surface area (Å²) in [5.74, 6) is 1.04. The third-order valence-corrected chi connectivity index (χ3v) is 5.07. The Kier molecular flexibility index (Phi) is 3.70. The number of piperidine rings is 1.